The molecule has 0 radical (unpaired) electrons. The Labute approximate surface area is 223 Å². The summed E-state index contributed by atoms with van der Waals surface area (Å²) >= 11 is 0. The molecule has 2 aliphatic carbocycles. The molecule has 37 heavy (non-hydrogen) atoms. The van der Waals surface area contributed by atoms with Crippen LogP contribution in [0.2, 0.25) is 0 Å². The number of fused-ring (bicyclic) bond motifs is 3. The lowest BCUT2D eigenvalue weighted by Crippen LogP contribution is -2.51. The van der Waals surface area contributed by atoms with Crippen LogP contribution in [0, 0.1) is 17.8 Å². The van der Waals surface area contributed by atoms with Gasteiger partial charge in [-0.15, -0.1) is 5.92 Å². The highest BCUT2D eigenvalue weighted by atomic mass is 16.3. The second kappa shape index (κ2) is 12.3. The molecule has 0 spiro atoms. The van der Waals surface area contributed by atoms with Crippen molar-refractivity contribution in [2.75, 3.05) is 27.2 Å². The summed E-state index contributed by atoms with van der Waals surface area (Å²) in [5, 5.41) is 14.3. The maximum absolute atomic E-state index is 13.0. The van der Waals surface area contributed by atoms with E-state index in [1.165, 1.54) is 29.5 Å². The maximum atomic E-state index is 13.0. The zero-order valence-electron chi connectivity index (χ0n) is 23.0. The topological polar surface area (TPSA) is 52.6 Å². The van der Waals surface area contributed by atoms with Gasteiger partial charge in [0.15, 0.2) is 0 Å². The molecule has 1 saturated carbocycles. The number of carbonyl (C=O) groups is 1. The van der Waals surface area contributed by atoms with Crippen LogP contribution in [-0.2, 0) is 18.3 Å². The van der Waals surface area contributed by atoms with Gasteiger partial charge in [-0.3, -0.25) is 4.79 Å². The molecule has 2 aromatic rings. The van der Waals surface area contributed by atoms with E-state index in [1.54, 1.807) is 0 Å². The predicted molar refractivity (Wildman–Crippen MR) is 152 cm³/mol. The molecule has 4 heteroatoms. The average molecular weight is 501 g/mol. The van der Waals surface area contributed by atoms with Crippen molar-refractivity contribution in [3.8, 4) is 11.8 Å². The van der Waals surface area contributed by atoms with Crippen molar-refractivity contribution in [2.45, 2.75) is 82.1 Å². The van der Waals surface area contributed by atoms with Gasteiger partial charge in [0.2, 0.25) is 0 Å². The molecule has 0 heterocycles. The van der Waals surface area contributed by atoms with E-state index >= 15 is 0 Å². The SMILES string of the molecule is CC#C[C@@]1(O)CC[C@@]2(Cc3ccccc3)c3ccc(C(=O)NCCCCCCN(C)C)cc3CC[C@@H]2C1. The standard InChI is InChI=1S/C33H44N2O2/c1-4-18-32(37)19-20-33(24-26-12-8-7-9-13-26)29(25-32)16-14-27-23-28(15-17-30(27)33)31(36)34-21-10-5-6-11-22-35(2)3/h7-9,12-13,15,17,23,29,37H,5-6,10-11,14,16,19-22,24-25H2,1-3H3,(H,34,36)/t29-,32-,33+/m1/s1. The van der Waals surface area contributed by atoms with E-state index in [4.69, 9.17) is 0 Å². The highest BCUT2D eigenvalue weighted by molar-refractivity contribution is 5.94. The van der Waals surface area contributed by atoms with Crippen molar-refractivity contribution in [3.63, 3.8) is 0 Å². The summed E-state index contributed by atoms with van der Waals surface area (Å²) in [6.45, 7) is 3.67. The summed E-state index contributed by atoms with van der Waals surface area (Å²) in [5.74, 6) is 6.48. The number of aliphatic hydroxyl groups is 1. The van der Waals surface area contributed by atoms with E-state index < -0.39 is 5.60 Å². The third-order valence-corrected chi connectivity index (χ3v) is 8.55. The lowest BCUT2D eigenvalue weighted by Gasteiger charge is -2.52. The van der Waals surface area contributed by atoms with Gasteiger partial charge in [0.05, 0.1) is 0 Å². The summed E-state index contributed by atoms with van der Waals surface area (Å²) in [6, 6.07) is 17.1. The monoisotopic (exact) mass is 500 g/mol. The van der Waals surface area contributed by atoms with Crippen molar-refractivity contribution in [2.24, 2.45) is 5.92 Å². The van der Waals surface area contributed by atoms with E-state index in [0.717, 1.165) is 63.6 Å². The van der Waals surface area contributed by atoms with Gasteiger partial charge in [-0.25, -0.2) is 0 Å². The summed E-state index contributed by atoms with van der Waals surface area (Å²) in [5.41, 5.74) is 3.86. The molecule has 2 N–H and O–H groups in total. The smallest absolute Gasteiger partial charge is 0.251 e. The fourth-order valence-corrected chi connectivity index (χ4v) is 6.67. The Kier molecular flexibility index (Phi) is 9.11. The van der Waals surface area contributed by atoms with Crippen LogP contribution < -0.4 is 5.32 Å². The molecular weight excluding hydrogens is 456 g/mol. The van der Waals surface area contributed by atoms with Crippen LogP contribution in [0.15, 0.2) is 48.5 Å². The first-order valence-corrected chi connectivity index (χ1v) is 14.1. The first-order valence-electron chi connectivity index (χ1n) is 14.1. The molecule has 198 valence electrons. The molecule has 2 aliphatic rings. The second-order valence-corrected chi connectivity index (χ2v) is 11.5. The minimum Gasteiger partial charge on any atom is -0.378 e. The van der Waals surface area contributed by atoms with Gasteiger partial charge < -0.3 is 15.3 Å². The van der Waals surface area contributed by atoms with Crippen LogP contribution in [0.4, 0.5) is 0 Å². The highest BCUT2D eigenvalue weighted by Crippen LogP contribution is 2.54. The number of amides is 1. The van der Waals surface area contributed by atoms with Crippen molar-refractivity contribution in [3.05, 3.63) is 70.8 Å². The normalized spacial score (nSPS) is 24.5. The van der Waals surface area contributed by atoms with Gasteiger partial charge in [0, 0.05) is 17.5 Å². The first kappa shape index (κ1) is 27.4. The molecule has 3 atom stereocenters. The van der Waals surface area contributed by atoms with E-state index in [-0.39, 0.29) is 11.3 Å². The number of hydrogen-bond acceptors (Lipinski definition) is 3. The van der Waals surface area contributed by atoms with Crippen LogP contribution >= 0.6 is 0 Å². The van der Waals surface area contributed by atoms with E-state index in [1.807, 2.05) is 13.0 Å². The summed E-state index contributed by atoms with van der Waals surface area (Å²) in [4.78, 5) is 15.2. The molecule has 4 rings (SSSR count). The van der Waals surface area contributed by atoms with Gasteiger partial charge in [-0.05, 0) is 114 Å². The number of carbonyl (C=O) groups excluding carboxylic acids is 1. The minimum absolute atomic E-state index is 0.0296. The average Bonchev–Trinajstić information content (AvgIpc) is 2.88. The van der Waals surface area contributed by atoms with Crippen LogP contribution in [0.3, 0.4) is 0 Å². The van der Waals surface area contributed by atoms with E-state index in [9.17, 15) is 9.90 Å². The number of unbranched alkanes of at least 4 members (excludes halogenated alkanes) is 3. The lowest BCUT2D eigenvalue weighted by molar-refractivity contribution is -0.00801. The molecule has 1 fully saturated rings. The van der Waals surface area contributed by atoms with Crippen molar-refractivity contribution < 1.29 is 9.90 Å². The minimum atomic E-state index is -0.886. The zero-order chi connectivity index (χ0) is 26.3. The molecule has 0 aliphatic heterocycles. The van der Waals surface area contributed by atoms with Gasteiger partial charge in [0.1, 0.15) is 5.60 Å². The van der Waals surface area contributed by atoms with Crippen molar-refractivity contribution in [1.29, 1.82) is 0 Å². The molecule has 2 aromatic carbocycles. The Bertz CT molecular complexity index is 1120. The predicted octanol–water partition coefficient (Wildman–Crippen LogP) is 5.52. The Morgan fingerprint density at radius 3 is 2.62 bits per heavy atom. The molecule has 0 saturated heterocycles. The fourth-order valence-electron chi connectivity index (χ4n) is 6.67. The van der Waals surface area contributed by atoms with E-state index in [2.05, 4.69) is 78.6 Å². The Hall–Kier alpha value is -2.61. The molecular formula is C33H44N2O2. The Morgan fingerprint density at radius 2 is 1.86 bits per heavy atom. The largest absolute Gasteiger partial charge is 0.378 e. The fraction of sp³-hybridized carbons (Fsp3) is 0.545. The van der Waals surface area contributed by atoms with Gasteiger partial charge in [-0.2, -0.15) is 0 Å². The van der Waals surface area contributed by atoms with Crippen LogP contribution in [0.5, 0.6) is 0 Å². The number of nitrogens with one attached hydrogen (secondary N) is 1. The third-order valence-electron chi connectivity index (χ3n) is 8.55. The molecule has 0 aromatic heterocycles. The van der Waals surface area contributed by atoms with Crippen molar-refractivity contribution >= 4 is 5.91 Å². The quantitative estimate of drug-likeness (QED) is 0.334. The Morgan fingerprint density at radius 1 is 1.08 bits per heavy atom. The van der Waals surface area contributed by atoms with Crippen LogP contribution in [0.1, 0.15) is 85.3 Å². The molecule has 1 amide bonds. The van der Waals surface area contributed by atoms with Gasteiger partial charge >= 0.3 is 0 Å². The van der Waals surface area contributed by atoms with Crippen molar-refractivity contribution in [1.82, 2.24) is 10.2 Å². The molecule has 0 unspecified atom stereocenters. The highest BCUT2D eigenvalue weighted by Gasteiger charge is 2.51. The van der Waals surface area contributed by atoms with Crippen LogP contribution in [0.25, 0.3) is 0 Å². The molecule has 0 bridgehead atoms. The molecule has 4 nitrogen and oxygen atoms in total. The number of nitrogens with zero attached hydrogens (tertiary/aromatic N) is 1. The Balaban J connectivity index is 1.48. The summed E-state index contributed by atoms with van der Waals surface area (Å²) < 4.78 is 0. The van der Waals surface area contributed by atoms with Crippen LogP contribution in [-0.4, -0.2) is 48.7 Å². The first-order chi connectivity index (χ1) is 17.8. The van der Waals surface area contributed by atoms with E-state index in [0.29, 0.717) is 12.3 Å². The number of hydrogen-bond donors (Lipinski definition) is 2. The maximum Gasteiger partial charge on any atom is 0.251 e. The number of aryl methyl sites for hydroxylation is 1. The number of benzene rings is 2. The summed E-state index contributed by atoms with van der Waals surface area (Å²) in [6.07, 6.45) is 9.82. The lowest BCUT2D eigenvalue weighted by atomic mass is 9.52. The van der Waals surface area contributed by atoms with Gasteiger partial charge in [-0.1, -0.05) is 55.2 Å². The van der Waals surface area contributed by atoms with Gasteiger partial charge in [0.25, 0.3) is 5.91 Å². The number of rotatable bonds is 10. The summed E-state index contributed by atoms with van der Waals surface area (Å²) in [7, 11) is 4.22. The third kappa shape index (κ3) is 6.64. The second-order valence-electron chi connectivity index (χ2n) is 11.5. The zero-order valence-corrected chi connectivity index (χ0v) is 23.0.